The number of methoxy groups -OCH3 is 1. The second-order valence-electron chi connectivity index (χ2n) is 11.8. The van der Waals surface area contributed by atoms with Crippen molar-refractivity contribution in [1.82, 2.24) is 10.1 Å². The zero-order valence-electron chi connectivity index (χ0n) is 23.2. The van der Waals surface area contributed by atoms with Crippen molar-refractivity contribution in [2.24, 2.45) is 0 Å². The number of alkyl halides is 3. The number of anilines is 1. The molecule has 0 N–H and O–H groups in total. The average molecular weight is 584 g/mol. The van der Waals surface area contributed by atoms with Gasteiger partial charge in [0, 0.05) is 35.3 Å². The largest absolute Gasteiger partial charge is 0.573 e. The van der Waals surface area contributed by atoms with E-state index in [9.17, 15) is 18.0 Å². The molecular formula is C31H32F3N3O5. The first-order valence-corrected chi connectivity index (χ1v) is 14.6. The highest BCUT2D eigenvalue weighted by Crippen LogP contribution is 2.49. The van der Waals surface area contributed by atoms with Crippen LogP contribution in [0.1, 0.15) is 90.4 Å². The number of aromatic nitrogens is 2. The Labute approximate surface area is 241 Å². The van der Waals surface area contributed by atoms with Crippen molar-refractivity contribution < 1.29 is 36.7 Å². The van der Waals surface area contributed by atoms with Crippen molar-refractivity contribution in [2.75, 3.05) is 12.0 Å². The van der Waals surface area contributed by atoms with Crippen LogP contribution in [0.5, 0.6) is 5.75 Å². The van der Waals surface area contributed by atoms with E-state index in [1.165, 1.54) is 19.2 Å². The summed E-state index contributed by atoms with van der Waals surface area (Å²) in [4.78, 5) is 19.4. The monoisotopic (exact) mass is 583 g/mol. The second kappa shape index (κ2) is 10.6. The normalized spacial score (nSPS) is 23.7. The van der Waals surface area contributed by atoms with E-state index in [0.29, 0.717) is 28.5 Å². The van der Waals surface area contributed by atoms with E-state index in [4.69, 9.17) is 19.0 Å². The molecule has 8 nitrogen and oxygen atoms in total. The molecule has 4 heterocycles. The van der Waals surface area contributed by atoms with Gasteiger partial charge in [0.1, 0.15) is 23.0 Å². The summed E-state index contributed by atoms with van der Waals surface area (Å²) in [5, 5.41) is 4.20. The van der Waals surface area contributed by atoms with E-state index in [1.807, 2.05) is 6.07 Å². The molecule has 4 aliphatic rings. The molecule has 2 bridgehead atoms. The van der Waals surface area contributed by atoms with Crippen LogP contribution in [0.4, 0.5) is 19.0 Å². The van der Waals surface area contributed by atoms with Crippen molar-refractivity contribution in [3.8, 4) is 17.0 Å². The summed E-state index contributed by atoms with van der Waals surface area (Å²) < 4.78 is 60.8. The summed E-state index contributed by atoms with van der Waals surface area (Å²) in [5.74, 6) is 1.59. The maximum absolute atomic E-state index is 13.1. The maximum Gasteiger partial charge on any atom is 0.573 e. The quantitative estimate of drug-likeness (QED) is 0.252. The molecule has 11 heteroatoms. The van der Waals surface area contributed by atoms with E-state index in [-0.39, 0.29) is 48.0 Å². The Morgan fingerprint density at radius 3 is 2.43 bits per heavy atom. The number of nitrogens with zero attached hydrogens (tertiary/aromatic N) is 3. The summed E-state index contributed by atoms with van der Waals surface area (Å²) in [6.07, 6.45) is 4.56. The molecule has 3 aromatic rings. The number of rotatable bonds is 9. The summed E-state index contributed by atoms with van der Waals surface area (Å²) in [6, 6.07) is 8.47. The average Bonchev–Trinajstić information content (AvgIpc) is 3.91. The van der Waals surface area contributed by atoms with Crippen molar-refractivity contribution >= 4 is 11.8 Å². The zero-order chi connectivity index (χ0) is 29.0. The van der Waals surface area contributed by atoms with Crippen LogP contribution in [0, 0.1) is 0 Å². The fourth-order valence-corrected chi connectivity index (χ4v) is 6.64. The molecule has 4 fully saturated rings. The van der Waals surface area contributed by atoms with Gasteiger partial charge in [0.25, 0.3) is 0 Å². The van der Waals surface area contributed by atoms with E-state index < -0.39 is 6.36 Å². The third kappa shape index (κ3) is 5.34. The van der Waals surface area contributed by atoms with Crippen LogP contribution in [0.15, 0.2) is 41.1 Å². The lowest BCUT2D eigenvalue weighted by Crippen LogP contribution is -2.46. The lowest BCUT2D eigenvalue weighted by Gasteiger charge is -2.40. The molecule has 2 saturated heterocycles. The van der Waals surface area contributed by atoms with E-state index in [0.717, 1.165) is 62.7 Å². The fraction of sp³-hybridized carbons (Fsp3) is 0.516. The molecule has 0 radical (unpaired) electrons. The molecule has 2 aliphatic heterocycles. The molecule has 3 atom stereocenters. The predicted molar refractivity (Wildman–Crippen MR) is 145 cm³/mol. The molecule has 2 aliphatic carbocycles. The number of pyridine rings is 1. The van der Waals surface area contributed by atoms with Crippen molar-refractivity contribution in [2.45, 2.75) is 94.4 Å². The molecule has 1 aromatic carbocycles. The van der Waals surface area contributed by atoms with Gasteiger partial charge in [-0.15, -0.1) is 13.2 Å². The van der Waals surface area contributed by atoms with Crippen LogP contribution in [0.3, 0.4) is 0 Å². The highest BCUT2D eigenvalue weighted by molar-refractivity contribution is 5.89. The van der Waals surface area contributed by atoms with Gasteiger partial charge in [-0.2, -0.15) is 0 Å². The topological polar surface area (TPSA) is 86.9 Å². The number of carbonyl (C=O) groups excluding carboxylic acids is 1. The first-order chi connectivity index (χ1) is 20.3. The standard InChI is InChI=1S/C31H32F3N3O5/c1-39-30(38)19-12-24(17-6-7-17)29(35-15-19)37-20-10-11-21(37)14-22(13-20)40-16-25-27(36-42-28(25)18-8-9-18)23-4-2-3-5-26(23)41-31(32,33)34/h2-5,12,15,17-18,20-22H,6-11,13-14,16H2,1H3/t20-,21?,22?/m0/s1. The van der Waals surface area contributed by atoms with Gasteiger partial charge in [0.15, 0.2) is 0 Å². The first kappa shape index (κ1) is 27.2. The van der Waals surface area contributed by atoms with Gasteiger partial charge in [-0.3, -0.25) is 0 Å². The smallest absolute Gasteiger partial charge is 0.465 e. The minimum atomic E-state index is -4.82. The highest BCUT2D eigenvalue weighted by Gasteiger charge is 2.44. The minimum absolute atomic E-state index is 0.0195. The number of benzene rings is 1. The van der Waals surface area contributed by atoms with Crippen LogP contribution in [0.25, 0.3) is 11.3 Å². The number of esters is 1. The van der Waals surface area contributed by atoms with Gasteiger partial charge < -0.3 is 23.6 Å². The maximum atomic E-state index is 13.1. The Bertz CT molecular complexity index is 1470. The Hall–Kier alpha value is -3.60. The first-order valence-electron chi connectivity index (χ1n) is 14.6. The Balaban J connectivity index is 1.10. The van der Waals surface area contributed by atoms with Gasteiger partial charge in [0.2, 0.25) is 0 Å². The highest BCUT2D eigenvalue weighted by atomic mass is 19.4. The number of para-hydroxylation sites is 1. The lowest BCUT2D eigenvalue weighted by molar-refractivity contribution is -0.274. The van der Waals surface area contributed by atoms with Crippen LogP contribution in [-0.4, -0.2) is 47.8 Å². The summed E-state index contributed by atoms with van der Waals surface area (Å²) >= 11 is 0. The lowest BCUT2D eigenvalue weighted by atomic mass is 9.97. The van der Waals surface area contributed by atoms with E-state index in [2.05, 4.69) is 14.8 Å². The number of ether oxygens (including phenoxy) is 3. The Morgan fingerprint density at radius 2 is 1.76 bits per heavy atom. The third-order valence-corrected chi connectivity index (χ3v) is 8.87. The number of fused-ring (bicyclic) bond motifs is 2. The number of hydrogen-bond acceptors (Lipinski definition) is 8. The van der Waals surface area contributed by atoms with Gasteiger partial charge in [0.05, 0.1) is 25.4 Å². The van der Waals surface area contributed by atoms with Gasteiger partial charge in [-0.05, 0) is 81.0 Å². The number of piperidine rings is 1. The predicted octanol–water partition coefficient (Wildman–Crippen LogP) is 6.89. The summed E-state index contributed by atoms with van der Waals surface area (Å²) in [6.45, 7) is 0.203. The molecule has 42 heavy (non-hydrogen) atoms. The van der Waals surface area contributed by atoms with Crippen LogP contribution >= 0.6 is 0 Å². The van der Waals surface area contributed by atoms with Crippen LogP contribution in [-0.2, 0) is 16.1 Å². The Morgan fingerprint density at radius 1 is 1.05 bits per heavy atom. The van der Waals surface area contributed by atoms with Gasteiger partial charge in [-0.25, -0.2) is 9.78 Å². The zero-order valence-corrected chi connectivity index (χ0v) is 23.2. The van der Waals surface area contributed by atoms with Crippen molar-refractivity contribution in [1.29, 1.82) is 0 Å². The molecule has 222 valence electrons. The van der Waals surface area contributed by atoms with Crippen LogP contribution < -0.4 is 9.64 Å². The molecule has 2 aromatic heterocycles. The van der Waals surface area contributed by atoms with Crippen molar-refractivity contribution in [3.05, 3.63) is 59.0 Å². The third-order valence-electron chi connectivity index (χ3n) is 8.87. The number of hydrogen-bond donors (Lipinski definition) is 0. The SMILES string of the molecule is COC(=O)c1cnc(N2C3CC[C@H]2CC(OCc2c(-c4ccccc4OC(F)(F)F)noc2C2CC2)C3)c(C2CC2)c1. The van der Waals surface area contributed by atoms with Crippen molar-refractivity contribution in [3.63, 3.8) is 0 Å². The molecule has 7 rings (SSSR count). The van der Waals surface area contributed by atoms with E-state index >= 15 is 0 Å². The molecular weight excluding hydrogens is 551 g/mol. The van der Waals surface area contributed by atoms with E-state index in [1.54, 1.807) is 18.3 Å². The fourth-order valence-electron chi connectivity index (χ4n) is 6.64. The number of carbonyl (C=O) groups is 1. The Kier molecular flexibility index (Phi) is 6.87. The molecule has 0 spiro atoms. The molecule has 2 saturated carbocycles. The second-order valence-corrected chi connectivity index (χ2v) is 11.8. The minimum Gasteiger partial charge on any atom is -0.465 e. The molecule has 2 unspecified atom stereocenters. The van der Waals surface area contributed by atoms with Gasteiger partial charge in [-0.1, -0.05) is 17.3 Å². The number of halogens is 3. The molecule has 0 amide bonds. The van der Waals surface area contributed by atoms with Crippen LogP contribution in [0.2, 0.25) is 0 Å². The summed E-state index contributed by atoms with van der Waals surface area (Å²) in [5.41, 5.74) is 2.86. The van der Waals surface area contributed by atoms with Gasteiger partial charge >= 0.3 is 12.3 Å². The summed E-state index contributed by atoms with van der Waals surface area (Å²) in [7, 11) is 1.38.